The summed E-state index contributed by atoms with van der Waals surface area (Å²) in [6.07, 6.45) is 3.40. The molecule has 1 heterocycles. The van der Waals surface area contributed by atoms with Crippen LogP contribution in [0.1, 0.15) is 20.8 Å². The van der Waals surface area contributed by atoms with E-state index in [4.69, 9.17) is 9.47 Å². The van der Waals surface area contributed by atoms with Crippen molar-refractivity contribution in [3.63, 3.8) is 0 Å². The molecule has 0 unspecified atom stereocenters. The van der Waals surface area contributed by atoms with E-state index in [1.165, 1.54) is 6.33 Å². The van der Waals surface area contributed by atoms with Gasteiger partial charge >= 0.3 is 0 Å². The van der Waals surface area contributed by atoms with E-state index in [0.29, 0.717) is 6.61 Å². The number of ether oxygens (including phenoxy) is 2. The Bertz CT molecular complexity index is 512. The summed E-state index contributed by atoms with van der Waals surface area (Å²) < 4.78 is 11.3. The van der Waals surface area contributed by atoms with Crippen molar-refractivity contribution in [3.8, 4) is 11.5 Å². The molecular weight excluding hydrogens is 216 g/mol. The summed E-state index contributed by atoms with van der Waals surface area (Å²) in [5.74, 6) is 1.47. The van der Waals surface area contributed by atoms with Crippen molar-refractivity contribution in [2.24, 2.45) is 0 Å². The van der Waals surface area contributed by atoms with Crippen molar-refractivity contribution in [1.82, 2.24) is 9.97 Å². The molecule has 17 heavy (non-hydrogen) atoms. The maximum atomic E-state index is 5.72. The molecule has 1 aromatic heterocycles. The van der Waals surface area contributed by atoms with Gasteiger partial charge in [0, 0.05) is 17.6 Å². The van der Waals surface area contributed by atoms with E-state index in [-0.39, 0.29) is 6.10 Å². The lowest BCUT2D eigenvalue weighted by atomic mass is 10.2. The third kappa shape index (κ3) is 2.64. The number of nitrogens with zero attached hydrogens (tertiary/aromatic N) is 2. The maximum absolute atomic E-state index is 5.72. The Balaban J connectivity index is 2.49. The molecule has 0 N–H and O–H groups in total. The molecule has 0 bridgehead atoms. The van der Waals surface area contributed by atoms with Crippen molar-refractivity contribution < 1.29 is 9.47 Å². The predicted molar refractivity (Wildman–Crippen MR) is 66.5 cm³/mol. The van der Waals surface area contributed by atoms with Crippen LogP contribution in [0.15, 0.2) is 24.7 Å². The molecule has 0 aliphatic rings. The summed E-state index contributed by atoms with van der Waals surface area (Å²) in [4.78, 5) is 8.20. The van der Waals surface area contributed by atoms with Crippen LogP contribution in [0, 0.1) is 0 Å². The quantitative estimate of drug-likeness (QED) is 0.813. The lowest BCUT2D eigenvalue weighted by Gasteiger charge is -2.15. The highest BCUT2D eigenvalue weighted by molar-refractivity contribution is 5.81. The van der Waals surface area contributed by atoms with E-state index >= 15 is 0 Å². The van der Waals surface area contributed by atoms with Gasteiger partial charge in [-0.1, -0.05) is 0 Å². The molecule has 0 spiro atoms. The molecule has 0 atom stereocenters. The van der Waals surface area contributed by atoms with E-state index in [1.807, 2.05) is 32.9 Å². The first-order valence-corrected chi connectivity index (χ1v) is 5.74. The fourth-order valence-electron chi connectivity index (χ4n) is 1.60. The van der Waals surface area contributed by atoms with Crippen molar-refractivity contribution >= 4 is 10.9 Å². The van der Waals surface area contributed by atoms with Gasteiger partial charge in [0.2, 0.25) is 0 Å². The molecule has 4 nitrogen and oxygen atoms in total. The smallest absolute Gasteiger partial charge is 0.163 e. The van der Waals surface area contributed by atoms with Crippen molar-refractivity contribution in [2.45, 2.75) is 26.9 Å². The highest BCUT2D eigenvalue weighted by atomic mass is 16.5. The first-order chi connectivity index (χ1) is 8.20. The van der Waals surface area contributed by atoms with Gasteiger partial charge in [0.25, 0.3) is 0 Å². The molecule has 0 fully saturated rings. The SMILES string of the molecule is CCOc1cc2cncnc2cc1OC(C)C. The van der Waals surface area contributed by atoms with E-state index in [2.05, 4.69) is 9.97 Å². The van der Waals surface area contributed by atoms with Crippen molar-refractivity contribution in [1.29, 1.82) is 0 Å². The topological polar surface area (TPSA) is 44.2 Å². The van der Waals surface area contributed by atoms with Crippen LogP contribution in [0.2, 0.25) is 0 Å². The molecule has 0 aliphatic heterocycles. The monoisotopic (exact) mass is 232 g/mol. The Labute approximate surface area is 101 Å². The molecule has 4 heteroatoms. The van der Waals surface area contributed by atoms with E-state index < -0.39 is 0 Å². The van der Waals surface area contributed by atoms with Crippen LogP contribution in [0.25, 0.3) is 10.9 Å². The van der Waals surface area contributed by atoms with Crippen LogP contribution in [0.5, 0.6) is 11.5 Å². The van der Waals surface area contributed by atoms with E-state index in [0.717, 1.165) is 22.4 Å². The average molecular weight is 232 g/mol. The van der Waals surface area contributed by atoms with Crippen LogP contribution in [0.3, 0.4) is 0 Å². The van der Waals surface area contributed by atoms with Gasteiger partial charge in [0.15, 0.2) is 11.5 Å². The number of hydrogen-bond donors (Lipinski definition) is 0. The van der Waals surface area contributed by atoms with Crippen LogP contribution in [-0.2, 0) is 0 Å². The zero-order chi connectivity index (χ0) is 12.3. The summed E-state index contributed by atoms with van der Waals surface area (Å²) in [5.41, 5.74) is 0.860. The van der Waals surface area contributed by atoms with Gasteiger partial charge in [0.1, 0.15) is 6.33 Å². The fraction of sp³-hybridized carbons (Fsp3) is 0.385. The molecule has 90 valence electrons. The minimum Gasteiger partial charge on any atom is -0.490 e. The molecule has 1 aromatic carbocycles. The molecule has 2 aromatic rings. The number of fused-ring (bicyclic) bond motifs is 1. The molecule has 0 radical (unpaired) electrons. The van der Waals surface area contributed by atoms with Gasteiger partial charge in [0.05, 0.1) is 18.2 Å². The minimum absolute atomic E-state index is 0.105. The van der Waals surface area contributed by atoms with E-state index in [9.17, 15) is 0 Å². The summed E-state index contributed by atoms with van der Waals surface area (Å²) in [7, 11) is 0. The Morgan fingerprint density at radius 3 is 2.76 bits per heavy atom. The van der Waals surface area contributed by atoms with Crippen LogP contribution in [-0.4, -0.2) is 22.7 Å². The summed E-state index contributed by atoms with van der Waals surface area (Å²) in [6, 6.07) is 3.80. The fourth-order valence-corrected chi connectivity index (χ4v) is 1.60. The predicted octanol–water partition coefficient (Wildman–Crippen LogP) is 2.82. The average Bonchev–Trinajstić information content (AvgIpc) is 2.29. The normalized spacial score (nSPS) is 10.8. The molecule has 0 saturated heterocycles. The van der Waals surface area contributed by atoms with E-state index in [1.54, 1.807) is 6.20 Å². The van der Waals surface area contributed by atoms with Crippen molar-refractivity contribution in [2.75, 3.05) is 6.61 Å². The Kier molecular flexibility index (Phi) is 3.42. The van der Waals surface area contributed by atoms with Crippen LogP contribution < -0.4 is 9.47 Å². The number of aromatic nitrogens is 2. The Hall–Kier alpha value is -1.84. The highest BCUT2D eigenvalue weighted by Gasteiger charge is 2.09. The highest BCUT2D eigenvalue weighted by Crippen LogP contribution is 2.32. The van der Waals surface area contributed by atoms with Gasteiger partial charge < -0.3 is 9.47 Å². The molecule has 0 amide bonds. The zero-order valence-electron chi connectivity index (χ0n) is 10.3. The van der Waals surface area contributed by atoms with Crippen LogP contribution >= 0.6 is 0 Å². The standard InChI is InChI=1S/C13H16N2O2/c1-4-16-12-5-10-7-14-8-15-11(10)6-13(12)17-9(2)3/h5-9H,4H2,1-3H3. The second-order valence-corrected chi connectivity index (χ2v) is 3.98. The van der Waals surface area contributed by atoms with Gasteiger partial charge in [-0.3, -0.25) is 0 Å². The molecule has 2 rings (SSSR count). The Morgan fingerprint density at radius 2 is 2.06 bits per heavy atom. The molecular formula is C13H16N2O2. The molecule has 0 aliphatic carbocycles. The second kappa shape index (κ2) is 4.99. The maximum Gasteiger partial charge on any atom is 0.163 e. The Morgan fingerprint density at radius 1 is 1.24 bits per heavy atom. The number of hydrogen-bond acceptors (Lipinski definition) is 4. The number of benzene rings is 1. The largest absolute Gasteiger partial charge is 0.490 e. The third-order valence-corrected chi connectivity index (χ3v) is 2.23. The third-order valence-electron chi connectivity index (χ3n) is 2.23. The lowest BCUT2D eigenvalue weighted by Crippen LogP contribution is -2.07. The lowest BCUT2D eigenvalue weighted by molar-refractivity contribution is 0.224. The first kappa shape index (κ1) is 11.6. The van der Waals surface area contributed by atoms with Gasteiger partial charge in [-0.05, 0) is 26.8 Å². The zero-order valence-corrected chi connectivity index (χ0v) is 10.3. The van der Waals surface area contributed by atoms with Crippen molar-refractivity contribution in [3.05, 3.63) is 24.7 Å². The van der Waals surface area contributed by atoms with Crippen LogP contribution in [0.4, 0.5) is 0 Å². The minimum atomic E-state index is 0.105. The summed E-state index contributed by atoms with van der Waals surface area (Å²) in [6.45, 7) is 6.53. The summed E-state index contributed by atoms with van der Waals surface area (Å²) >= 11 is 0. The van der Waals surface area contributed by atoms with Gasteiger partial charge in [-0.2, -0.15) is 0 Å². The summed E-state index contributed by atoms with van der Waals surface area (Å²) in [5, 5.41) is 0.951. The van der Waals surface area contributed by atoms with Gasteiger partial charge in [-0.25, -0.2) is 9.97 Å². The number of rotatable bonds is 4. The second-order valence-electron chi connectivity index (χ2n) is 3.98. The van der Waals surface area contributed by atoms with Gasteiger partial charge in [-0.15, -0.1) is 0 Å². The molecule has 0 saturated carbocycles. The first-order valence-electron chi connectivity index (χ1n) is 5.74.